The predicted molar refractivity (Wildman–Crippen MR) is 91.2 cm³/mol. The molecule has 0 aliphatic heterocycles. The molecule has 0 saturated carbocycles. The lowest BCUT2D eigenvalue weighted by atomic mass is 10.3. The lowest BCUT2D eigenvalue weighted by Gasteiger charge is -2.09. The Morgan fingerprint density at radius 2 is 2.05 bits per heavy atom. The third-order valence-electron chi connectivity index (χ3n) is 2.74. The van der Waals surface area contributed by atoms with Crippen LogP contribution >= 0.6 is 34.2 Å². The van der Waals surface area contributed by atoms with Crippen LogP contribution in [0.15, 0.2) is 33.6 Å². The first-order valence-electron chi connectivity index (χ1n) is 6.05. The molecule has 114 valence electrons. The summed E-state index contributed by atoms with van der Waals surface area (Å²) in [5.74, 6) is 0.901. The van der Waals surface area contributed by atoms with E-state index in [1.165, 1.54) is 6.07 Å². The fourth-order valence-corrected chi connectivity index (χ4v) is 4.07. The molecular formula is C13H14ClIN2O3S. The lowest BCUT2D eigenvalue weighted by Crippen LogP contribution is -2.13. The molecule has 2 N–H and O–H groups in total. The summed E-state index contributed by atoms with van der Waals surface area (Å²) in [6.07, 6.45) is 0. The van der Waals surface area contributed by atoms with Gasteiger partial charge in [0, 0.05) is 9.64 Å². The molecule has 2 rings (SSSR count). The van der Waals surface area contributed by atoms with Crippen molar-refractivity contribution < 1.29 is 12.8 Å². The maximum Gasteiger partial charge on any atom is 0.265 e. The average molecular weight is 441 g/mol. The molecule has 8 heteroatoms. The van der Waals surface area contributed by atoms with Crippen LogP contribution in [-0.2, 0) is 16.6 Å². The Morgan fingerprint density at radius 1 is 1.33 bits per heavy atom. The van der Waals surface area contributed by atoms with Gasteiger partial charge in [-0.2, -0.15) is 0 Å². The Morgan fingerprint density at radius 3 is 2.67 bits per heavy atom. The standard InChI is InChI=1S/C13H14ClIN2O3S/c1-8-13(6-10(20-8)7-16-2)21(18,19)17-12-4-3-9(15)5-11(12)14/h3-6,16-17H,7H2,1-2H3. The number of nitrogens with one attached hydrogen (secondary N) is 2. The van der Waals surface area contributed by atoms with Gasteiger partial charge in [0.2, 0.25) is 0 Å². The van der Waals surface area contributed by atoms with E-state index in [9.17, 15) is 8.42 Å². The molecule has 5 nitrogen and oxygen atoms in total. The quantitative estimate of drug-likeness (QED) is 0.700. The minimum atomic E-state index is -3.74. The second kappa shape index (κ2) is 6.55. The van der Waals surface area contributed by atoms with Crippen LogP contribution in [0.1, 0.15) is 11.5 Å². The van der Waals surface area contributed by atoms with E-state index in [1.807, 2.05) is 0 Å². The Labute approximate surface area is 142 Å². The van der Waals surface area contributed by atoms with Crippen molar-refractivity contribution in [3.8, 4) is 0 Å². The van der Waals surface area contributed by atoms with Gasteiger partial charge in [-0.1, -0.05) is 11.6 Å². The molecule has 0 amide bonds. The topological polar surface area (TPSA) is 71.3 Å². The van der Waals surface area contributed by atoms with Crippen molar-refractivity contribution in [1.29, 1.82) is 0 Å². The maximum absolute atomic E-state index is 12.4. The highest BCUT2D eigenvalue weighted by Crippen LogP contribution is 2.28. The van der Waals surface area contributed by atoms with Crippen molar-refractivity contribution >= 4 is 49.9 Å². The van der Waals surface area contributed by atoms with Crippen LogP contribution in [0.4, 0.5) is 5.69 Å². The van der Waals surface area contributed by atoms with E-state index < -0.39 is 10.0 Å². The van der Waals surface area contributed by atoms with Gasteiger partial charge >= 0.3 is 0 Å². The smallest absolute Gasteiger partial charge is 0.265 e. The molecule has 21 heavy (non-hydrogen) atoms. The van der Waals surface area contributed by atoms with Crippen molar-refractivity contribution in [1.82, 2.24) is 5.32 Å². The summed E-state index contributed by atoms with van der Waals surface area (Å²) in [7, 11) is -1.98. The highest BCUT2D eigenvalue weighted by Gasteiger charge is 2.22. The fourth-order valence-electron chi connectivity index (χ4n) is 1.82. The Kier molecular flexibility index (Phi) is 5.18. The van der Waals surface area contributed by atoms with Gasteiger partial charge in [-0.15, -0.1) is 0 Å². The Bertz CT molecular complexity index is 759. The maximum atomic E-state index is 12.4. The van der Waals surface area contributed by atoms with Gasteiger partial charge in [0.25, 0.3) is 10.0 Å². The van der Waals surface area contributed by atoms with E-state index in [4.69, 9.17) is 16.0 Å². The molecule has 0 unspecified atom stereocenters. The van der Waals surface area contributed by atoms with E-state index >= 15 is 0 Å². The second-order valence-electron chi connectivity index (χ2n) is 4.39. The lowest BCUT2D eigenvalue weighted by molar-refractivity contribution is 0.466. The van der Waals surface area contributed by atoms with Crippen LogP contribution in [-0.4, -0.2) is 15.5 Å². The zero-order valence-electron chi connectivity index (χ0n) is 11.4. The molecule has 0 aliphatic rings. The third kappa shape index (κ3) is 3.91. The van der Waals surface area contributed by atoms with E-state index in [0.29, 0.717) is 28.8 Å². The van der Waals surface area contributed by atoms with Gasteiger partial charge in [0.15, 0.2) is 0 Å². The number of hydrogen-bond donors (Lipinski definition) is 2. The summed E-state index contributed by atoms with van der Waals surface area (Å²) in [5.41, 5.74) is 0.341. The molecule has 0 spiro atoms. The van der Waals surface area contributed by atoms with Crippen LogP contribution in [0.3, 0.4) is 0 Å². The summed E-state index contributed by atoms with van der Waals surface area (Å²) in [6, 6.07) is 6.61. The monoisotopic (exact) mass is 440 g/mol. The van der Waals surface area contributed by atoms with Crippen molar-refractivity contribution in [2.24, 2.45) is 0 Å². The molecule has 0 radical (unpaired) electrons. The largest absolute Gasteiger partial charge is 0.464 e. The molecule has 1 heterocycles. The van der Waals surface area contributed by atoms with Gasteiger partial charge in [-0.05, 0) is 54.8 Å². The molecule has 0 aliphatic carbocycles. The van der Waals surface area contributed by atoms with Crippen LogP contribution in [0.2, 0.25) is 5.02 Å². The van der Waals surface area contributed by atoms with Gasteiger partial charge in [0.05, 0.1) is 17.3 Å². The SMILES string of the molecule is CNCc1cc(S(=O)(=O)Nc2ccc(I)cc2Cl)c(C)o1. The van der Waals surface area contributed by atoms with Crippen molar-refractivity contribution in [2.75, 3.05) is 11.8 Å². The highest BCUT2D eigenvalue weighted by atomic mass is 127. The van der Waals surface area contributed by atoms with Crippen molar-refractivity contribution in [3.63, 3.8) is 0 Å². The molecule has 1 aromatic carbocycles. The van der Waals surface area contributed by atoms with Gasteiger partial charge < -0.3 is 9.73 Å². The highest BCUT2D eigenvalue weighted by molar-refractivity contribution is 14.1. The van der Waals surface area contributed by atoms with E-state index in [1.54, 1.807) is 32.2 Å². The van der Waals surface area contributed by atoms with Crippen LogP contribution in [0.5, 0.6) is 0 Å². The first kappa shape index (κ1) is 16.6. The number of halogens is 2. The van der Waals surface area contributed by atoms with Crippen LogP contribution in [0.25, 0.3) is 0 Å². The van der Waals surface area contributed by atoms with E-state index in [2.05, 4.69) is 32.6 Å². The third-order valence-corrected chi connectivity index (χ3v) is 5.20. The second-order valence-corrected chi connectivity index (χ2v) is 7.70. The van der Waals surface area contributed by atoms with Crippen LogP contribution in [0, 0.1) is 10.5 Å². The minimum absolute atomic E-state index is 0.113. The molecule has 1 aromatic heterocycles. The van der Waals surface area contributed by atoms with Gasteiger partial charge in [-0.25, -0.2) is 8.42 Å². The van der Waals surface area contributed by atoms with E-state index in [0.717, 1.165) is 3.57 Å². The number of aryl methyl sites for hydroxylation is 1. The summed E-state index contributed by atoms with van der Waals surface area (Å²) >= 11 is 8.16. The Hall–Kier alpha value is -0.770. The first-order chi connectivity index (χ1) is 9.83. The van der Waals surface area contributed by atoms with Crippen LogP contribution < -0.4 is 10.0 Å². The van der Waals surface area contributed by atoms with Gasteiger partial charge in [-0.3, -0.25) is 4.72 Å². The number of anilines is 1. The van der Waals surface area contributed by atoms with Crippen molar-refractivity contribution in [2.45, 2.75) is 18.4 Å². The summed E-state index contributed by atoms with van der Waals surface area (Å²) in [5, 5.41) is 3.26. The first-order valence-corrected chi connectivity index (χ1v) is 8.99. The summed E-state index contributed by atoms with van der Waals surface area (Å²) in [4.78, 5) is 0.113. The molecule has 0 fully saturated rings. The number of benzene rings is 1. The van der Waals surface area contributed by atoms with E-state index in [-0.39, 0.29) is 4.90 Å². The zero-order valence-corrected chi connectivity index (χ0v) is 15.1. The van der Waals surface area contributed by atoms with Gasteiger partial charge in [0.1, 0.15) is 16.4 Å². The molecular weight excluding hydrogens is 427 g/mol. The molecule has 0 bridgehead atoms. The average Bonchev–Trinajstić information content (AvgIpc) is 2.75. The normalized spacial score (nSPS) is 11.6. The number of hydrogen-bond acceptors (Lipinski definition) is 4. The summed E-state index contributed by atoms with van der Waals surface area (Å²) in [6.45, 7) is 2.07. The summed E-state index contributed by atoms with van der Waals surface area (Å²) < 4.78 is 33.7. The molecule has 2 aromatic rings. The minimum Gasteiger partial charge on any atom is -0.464 e. The number of rotatable bonds is 5. The Balaban J connectivity index is 2.34. The molecule has 0 saturated heterocycles. The number of furan rings is 1. The molecule has 0 atom stereocenters. The predicted octanol–water partition coefficient (Wildman–Crippen LogP) is 3.37. The zero-order chi connectivity index (χ0) is 15.6. The fraction of sp³-hybridized carbons (Fsp3) is 0.231. The number of sulfonamides is 1. The van der Waals surface area contributed by atoms with Crippen molar-refractivity contribution in [3.05, 3.63) is 44.4 Å².